The van der Waals surface area contributed by atoms with Crippen molar-refractivity contribution in [3.8, 4) is 0 Å². The second-order valence-electron chi connectivity index (χ2n) is 3.35. The van der Waals surface area contributed by atoms with Crippen LogP contribution in [0.4, 0.5) is 0 Å². The molecule has 0 N–H and O–H groups in total. The third-order valence-corrected chi connectivity index (χ3v) is 1.87. The molecule has 1 fully saturated rings. The Morgan fingerprint density at radius 2 is 2.11 bits per heavy atom. The first-order valence-corrected chi connectivity index (χ1v) is 3.97. The molecule has 0 radical (unpaired) electrons. The summed E-state index contributed by atoms with van der Waals surface area (Å²) in [5.41, 5.74) is 1.70. The Bertz CT molecular complexity index is 103. The van der Waals surface area contributed by atoms with E-state index in [0.717, 1.165) is 5.92 Å². The van der Waals surface area contributed by atoms with Crippen LogP contribution in [0.5, 0.6) is 0 Å². The average molecular weight is 124 g/mol. The average Bonchev–Trinajstić information content (AvgIpc) is 1.60. The van der Waals surface area contributed by atoms with Crippen LogP contribution in [0.1, 0.15) is 39.5 Å². The molecule has 9 heavy (non-hydrogen) atoms. The van der Waals surface area contributed by atoms with E-state index in [-0.39, 0.29) is 0 Å². The first-order valence-electron chi connectivity index (χ1n) is 3.97. The Morgan fingerprint density at radius 1 is 1.44 bits per heavy atom. The van der Waals surface area contributed by atoms with Gasteiger partial charge in [0.15, 0.2) is 0 Å². The minimum Gasteiger partial charge on any atom is -0.0851 e. The minimum absolute atomic E-state index is 0.845. The highest BCUT2D eigenvalue weighted by Crippen LogP contribution is 2.26. The van der Waals surface area contributed by atoms with Crippen LogP contribution in [0.3, 0.4) is 0 Å². The van der Waals surface area contributed by atoms with Crippen LogP contribution in [0.15, 0.2) is 11.6 Å². The third-order valence-electron chi connectivity index (χ3n) is 1.87. The maximum absolute atomic E-state index is 2.42. The quantitative estimate of drug-likeness (QED) is 0.496. The molecule has 0 unspecified atom stereocenters. The highest BCUT2D eigenvalue weighted by atomic mass is 14.1. The lowest BCUT2D eigenvalue weighted by atomic mass is 9.90. The predicted octanol–water partition coefficient (Wildman–Crippen LogP) is 3.14. The Morgan fingerprint density at radius 3 is 2.44 bits per heavy atom. The summed E-state index contributed by atoms with van der Waals surface area (Å²) < 4.78 is 0. The van der Waals surface area contributed by atoms with Crippen LogP contribution < -0.4 is 0 Å². The number of hydrogen-bond donors (Lipinski definition) is 0. The SMILES string of the molecule is CC(C)CC=C1CCC1. The summed E-state index contributed by atoms with van der Waals surface area (Å²) in [7, 11) is 0. The van der Waals surface area contributed by atoms with Crippen molar-refractivity contribution in [2.24, 2.45) is 5.92 Å². The predicted molar refractivity (Wildman–Crippen MR) is 41.4 cm³/mol. The topological polar surface area (TPSA) is 0 Å². The Labute approximate surface area is 58.0 Å². The van der Waals surface area contributed by atoms with E-state index in [0.29, 0.717) is 0 Å². The summed E-state index contributed by atoms with van der Waals surface area (Å²) in [6, 6.07) is 0. The summed E-state index contributed by atoms with van der Waals surface area (Å²) in [6.45, 7) is 4.55. The van der Waals surface area contributed by atoms with Crippen molar-refractivity contribution in [2.75, 3.05) is 0 Å². The molecule has 1 aliphatic rings. The first kappa shape index (κ1) is 6.85. The summed E-state index contributed by atoms with van der Waals surface area (Å²) >= 11 is 0. The molecule has 1 saturated carbocycles. The Kier molecular flexibility index (Phi) is 2.32. The molecule has 0 heteroatoms. The zero-order valence-electron chi connectivity index (χ0n) is 6.48. The van der Waals surface area contributed by atoms with Gasteiger partial charge in [-0.15, -0.1) is 0 Å². The summed E-state index contributed by atoms with van der Waals surface area (Å²) in [5.74, 6) is 0.845. The van der Waals surface area contributed by atoms with Crippen molar-refractivity contribution in [2.45, 2.75) is 39.5 Å². The van der Waals surface area contributed by atoms with E-state index in [4.69, 9.17) is 0 Å². The molecule has 0 aliphatic heterocycles. The van der Waals surface area contributed by atoms with Crippen molar-refractivity contribution < 1.29 is 0 Å². The van der Waals surface area contributed by atoms with E-state index in [1.807, 2.05) is 0 Å². The van der Waals surface area contributed by atoms with E-state index in [2.05, 4.69) is 19.9 Å². The van der Waals surface area contributed by atoms with Crippen molar-refractivity contribution >= 4 is 0 Å². The van der Waals surface area contributed by atoms with Crippen LogP contribution in [0.25, 0.3) is 0 Å². The molecular weight excluding hydrogens is 108 g/mol. The van der Waals surface area contributed by atoms with Crippen molar-refractivity contribution in [3.63, 3.8) is 0 Å². The van der Waals surface area contributed by atoms with E-state index in [1.54, 1.807) is 5.57 Å². The fourth-order valence-electron chi connectivity index (χ4n) is 0.987. The van der Waals surface area contributed by atoms with E-state index in [9.17, 15) is 0 Å². The van der Waals surface area contributed by atoms with Crippen molar-refractivity contribution in [1.29, 1.82) is 0 Å². The van der Waals surface area contributed by atoms with Gasteiger partial charge in [-0.2, -0.15) is 0 Å². The van der Waals surface area contributed by atoms with Gasteiger partial charge in [-0.3, -0.25) is 0 Å². The highest BCUT2D eigenvalue weighted by Gasteiger charge is 2.06. The van der Waals surface area contributed by atoms with Gasteiger partial charge in [0.1, 0.15) is 0 Å². The monoisotopic (exact) mass is 124 g/mol. The molecule has 0 heterocycles. The van der Waals surface area contributed by atoms with Crippen LogP contribution in [-0.2, 0) is 0 Å². The largest absolute Gasteiger partial charge is 0.0851 e. The zero-order valence-corrected chi connectivity index (χ0v) is 6.48. The van der Waals surface area contributed by atoms with Crippen molar-refractivity contribution in [1.82, 2.24) is 0 Å². The van der Waals surface area contributed by atoms with Gasteiger partial charge in [0.25, 0.3) is 0 Å². The van der Waals surface area contributed by atoms with Gasteiger partial charge in [0, 0.05) is 0 Å². The molecule has 0 amide bonds. The van der Waals surface area contributed by atoms with Gasteiger partial charge >= 0.3 is 0 Å². The van der Waals surface area contributed by atoms with Gasteiger partial charge in [-0.05, 0) is 31.6 Å². The molecule has 0 nitrogen and oxygen atoms in total. The molecule has 52 valence electrons. The molecule has 0 aromatic carbocycles. The minimum atomic E-state index is 0.845. The molecular formula is C9H16. The molecule has 0 saturated heterocycles. The maximum atomic E-state index is 2.42. The maximum Gasteiger partial charge on any atom is -0.0317 e. The first-order chi connectivity index (χ1) is 4.29. The zero-order chi connectivity index (χ0) is 6.69. The molecule has 1 aliphatic carbocycles. The van der Waals surface area contributed by atoms with Gasteiger partial charge in [-0.1, -0.05) is 25.5 Å². The fraction of sp³-hybridized carbons (Fsp3) is 0.778. The normalized spacial score (nSPS) is 17.9. The van der Waals surface area contributed by atoms with Gasteiger partial charge in [-0.25, -0.2) is 0 Å². The fourth-order valence-corrected chi connectivity index (χ4v) is 0.987. The van der Waals surface area contributed by atoms with Gasteiger partial charge in [0.2, 0.25) is 0 Å². The number of allylic oxidation sites excluding steroid dienone is 2. The van der Waals surface area contributed by atoms with Gasteiger partial charge in [0.05, 0.1) is 0 Å². The van der Waals surface area contributed by atoms with Crippen LogP contribution in [-0.4, -0.2) is 0 Å². The third kappa shape index (κ3) is 2.21. The number of rotatable bonds is 2. The smallest absolute Gasteiger partial charge is 0.0317 e. The van der Waals surface area contributed by atoms with E-state index in [1.165, 1.54) is 25.7 Å². The lowest BCUT2D eigenvalue weighted by Crippen LogP contribution is -1.97. The molecule has 0 spiro atoms. The van der Waals surface area contributed by atoms with E-state index >= 15 is 0 Å². The standard InChI is InChI=1S/C9H16/c1-8(2)6-7-9-4-3-5-9/h7-8H,3-6H2,1-2H3. The summed E-state index contributed by atoms with van der Waals surface area (Å²) in [6.07, 6.45) is 7.91. The van der Waals surface area contributed by atoms with Crippen LogP contribution >= 0.6 is 0 Å². The van der Waals surface area contributed by atoms with E-state index < -0.39 is 0 Å². The van der Waals surface area contributed by atoms with Crippen LogP contribution in [0, 0.1) is 5.92 Å². The lowest BCUT2D eigenvalue weighted by Gasteiger charge is -2.16. The molecule has 0 atom stereocenters. The van der Waals surface area contributed by atoms with Gasteiger partial charge < -0.3 is 0 Å². The summed E-state index contributed by atoms with van der Waals surface area (Å²) in [4.78, 5) is 0. The lowest BCUT2D eigenvalue weighted by molar-refractivity contribution is 0.620. The summed E-state index contributed by atoms with van der Waals surface area (Å²) in [5, 5.41) is 0. The second-order valence-corrected chi connectivity index (χ2v) is 3.35. The molecule has 1 rings (SSSR count). The Hall–Kier alpha value is -0.260. The number of hydrogen-bond acceptors (Lipinski definition) is 0. The second kappa shape index (κ2) is 3.05. The molecule has 0 aromatic heterocycles. The Balaban J connectivity index is 2.15. The van der Waals surface area contributed by atoms with Crippen molar-refractivity contribution in [3.05, 3.63) is 11.6 Å². The van der Waals surface area contributed by atoms with Crippen LogP contribution in [0.2, 0.25) is 0 Å². The highest BCUT2D eigenvalue weighted by molar-refractivity contribution is 5.09. The molecule has 0 bridgehead atoms. The molecule has 0 aromatic rings.